The van der Waals surface area contributed by atoms with Gasteiger partial charge in [0.05, 0.1) is 6.10 Å². The first-order chi connectivity index (χ1) is 8.11. The molecule has 1 unspecified atom stereocenters. The summed E-state index contributed by atoms with van der Waals surface area (Å²) >= 11 is 0. The molecule has 1 amide bonds. The fraction of sp³-hybridized carbons (Fsp3) is 0.929. The second kappa shape index (κ2) is 10.6. The van der Waals surface area contributed by atoms with Crippen LogP contribution in [0, 0.1) is 0 Å². The first-order valence-electron chi connectivity index (χ1n) is 6.97. The topological polar surface area (TPSA) is 29.5 Å². The maximum atomic E-state index is 11.6. The number of hydrogen-bond donors (Lipinski definition) is 0. The standard InChI is InChI=1S/C14H29NO2/c1-5-11-15(4)14(16)10-8-7-9-12-17-13(3)6-2/h13H,5-12H2,1-4H3. The Bertz CT molecular complexity index is 195. The number of hydrogen-bond acceptors (Lipinski definition) is 2. The summed E-state index contributed by atoms with van der Waals surface area (Å²) in [5.74, 6) is 0.273. The van der Waals surface area contributed by atoms with Crippen molar-refractivity contribution in [2.45, 2.75) is 65.4 Å². The summed E-state index contributed by atoms with van der Waals surface area (Å²) in [7, 11) is 1.89. The lowest BCUT2D eigenvalue weighted by molar-refractivity contribution is -0.130. The second-order valence-corrected chi connectivity index (χ2v) is 4.72. The molecule has 1 atom stereocenters. The molecule has 17 heavy (non-hydrogen) atoms. The van der Waals surface area contributed by atoms with Crippen molar-refractivity contribution >= 4 is 5.91 Å². The highest BCUT2D eigenvalue weighted by atomic mass is 16.5. The lowest BCUT2D eigenvalue weighted by Gasteiger charge is -2.15. The molecule has 0 aliphatic heterocycles. The molecule has 0 aromatic rings. The lowest BCUT2D eigenvalue weighted by atomic mass is 10.2. The van der Waals surface area contributed by atoms with Crippen LogP contribution in [0.1, 0.15) is 59.3 Å². The first kappa shape index (κ1) is 16.4. The van der Waals surface area contributed by atoms with E-state index in [0.29, 0.717) is 12.5 Å². The quantitative estimate of drug-likeness (QED) is 0.551. The summed E-state index contributed by atoms with van der Waals surface area (Å²) in [6, 6.07) is 0. The van der Waals surface area contributed by atoms with Gasteiger partial charge in [0, 0.05) is 26.6 Å². The van der Waals surface area contributed by atoms with E-state index in [4.69, 9.17) is 4.74 Å². The molecular weight excluding hydrogens is 214 g/mol. The predicted molar refractivity (Wildman–Crippen MR) is 72.1 cm³/mol. The Morgan fingerprint density at radius 1 is 1.24 bits per heavy atom. The zero-order chi connectivity index (χ0) is 13.1. The lowest BCUT2D eigenvalue weighted by Crippen LogP contribution is -2.26. The Balaban J connectivity index is 3.36. The van der Waals surface area contributed by atoms with Gasteiger partial charge in [-0.1, -0.05) is 20.3 Å². The summed E-state index contributed by atoms with van der Waals surface area (Å²) in [6.07, 6.45) is 6.28. The van der Waals surface area contributed by atoms with Crippen LogP contribution in [0.4, 0.5) is 0 Å². The van der Waals surface area contributed by atoms with E-state index in [1.54, 1.807) is 0 Å². The van der Waals surface area contributed by atoms with Crippen molar-refractivity contribution in [3.8, 4) is 0 Å². The Kier molecular flexibility index (Phi) is 10.2. The van der Waals surface area contributed by atoms with E-state index in [1.165, 1.54) is 0 Å². The van der Waals surface area contributed by atoms with Crippen molar-refractivity contribution in [2.24, 2.45) is 0 Å². The molecule has 3 heteroatoms. The van der Waals surface area contributed by atoms with Gasteiger partial charge in [-0.2, -0.15) is 0 Å². The Hall–Kier alpha value is -0.570. The van der Waals surface area contributed by atoms with Crippen LogP contribution < -0.4 is 0 Å². The number of carbonyl (C=O) groups is 1. The molecule has 3 nitrogen and oxygen atoms in total. The molecule has 102 valence electrons. The maximum Gasteiger partial charge on any atom is 0.222 e. The summed E-state index contributed by atoms with van der Waals surface area (Å²) in [6.45, 7) is 8.02. The minimum Gasteiger partial charge on any atom is -0.379 e. The normalized spacial score (nSPS) is 12.5. The summed E-state index contributed by atoms with van der Waals surface area (Å²) in [4.78, 5) is 13.4. The minimum absolute atomic E-state index is 0.273. The number of amides is 1. The van der Waals surface area contributed by atoms with Gasteiger partial charge in [0.1, 0.15) is 0 Å². The van der Waals surface area contributed by atoms with E-state index in [2.05, 4.69) is 20.8 Å². The zero-order valence-electron chi connectivity index (χ0n) is 12.0. The van der Waals surface area contributed by atoms with Crippen molar-refractivity contribution in [3.63, 3.8) is 0 Å². The van der Waals surface area contributed by atoms with Crippen LogP contribution in [-0.2, 0) is 9.53 Å². The third kappa shape index (κ3) is 9.16. The van der Waals surface area contributed by atoms with E-state index < -0.39 is 0 Å². The van der Waals surface area contributed by atoms with Crippen molar-refractivity contribution < 1.29 is 9.53 Å². The van der Waals surface area contributed by atoms with Gasteiger partial charge in [0.25, 0.3) is 0 Å². The molecule has 0 fully saturated rings. The zero-order valence-corrected chi connectivity index (χ0v) is 12.0. The number of ether oxygens (including phenoxy) is 1. The SMILES string of the molecule is CCCN(C)C(=O)CCCCCOC(C)CC. The average molecular weight is 243 g/mol. The van der Waals surface area contributed by atoms with Crippen LogP contribution in [0.3, 0.4) is 0 Å². The summed E-state index contributed by atoms with van der Waals surface area (Å²) in [5, 5.41) is 0. The molecule has 0 aromatic heterocycles. The monoisotopic (exact) mass is 243 g/mol. The fourth-order valence-electron chi connectivity index (χ4n) is 1.61. The van der Waals surface area contributed by atoms with Gasteiger partial charge >= 0.3 is 0 Å². The molecule has 0 saturated heterocycles. The van der Waals surface area contributed by atoms with Crippen LogP contribution in [0.15, 0.2) is 0 Å². The van der Waals surface area contributed by atoms with Crippen LogP contribution in [0.2, 0.25) is 0 Å². The molecule has 0 heterocycles. The van der Waals surface area contributed by atoms with Gasteiger partial charge in [-0.3, -0.25) is 4.79 Å². The van der Waals surface area contributed by atoms with Gasteiger partial charge in [-0.05, 0) is 32.6 Å². The maximum absolute atomic E-state index is 11.6. The average Bonchev–Trinajstić information content (AvgIpc) is 2.33. The van der Waals surface area contributed by atoms with Gasteiger partial charge < -0.3 is 9.64 Å². The predicted octanol–water partition coefficient (Wildman–Crippen LogP) is 3.23. The van der Waals surface area contributed by atoms with Crippen LogP contribution in [0.5, 0.6) is 0 Å². The van der Waals surface area contributed by atoms with E-state index in [1.807, 2.05) is 11.9 Å². The first-order valence-corrected chi connectivity index (χ1v) is 6.97. The highest BCUT2D eigenvalue weighted by Crippen LogP contribution is 2.05. The molecule has 0 rings (SSSR count). The van der Waals surface area contributed by atoms with E-state index in [9.17, 15) is 4.79 Å². The molecule has 0 spiro atoms. The van der Waals surface area contributed by atoms with Crippen LogP contribution in [-0.4, -0.2) is 37.1 Å². The van der Waals surface area contributed by atoms with E-state index >= 15 is 0 Å². The highest BCUT2D eigenvalue weighted by molar-refractivity contribution is 5.75. The van der Waals surface area contributed by atoms with Gasteiger partial charge in [0.15, 0.2) is 0 Å². The Morgan fingerprint density at radius 3 is 2.53 bits per heavy atom. The molecule has 0 aliphatic carbocycles. The van der Waals surface area contributed by atoms with E-state index in [-0.39, 0.29) is 5.91 Å². The Labute approximate surface area is 107 Å². The fourth-order valence-corrected chi connectivity index (χ4v) is 1.61. The second-order valence-electron chi connectivity index (χ2n) is 4.72. The highest BCUT2D eigenvalue weighted by Gasteiger charge is 2.06. The number of carbonyl (C=O) groups excluding carboxylic acids is 1. The third-order valence-corrected chi connectivity index (χ3v) is 3.00. The van der Waals surface area contributed by atoms with Crippen molar-refractivity contribution in [1.82, 2.24) is 4.90 Å². The van der Waals surface area contributed by atoms with Gasteiger partial charge in [-0.25, -0.2) is 0 Å². The largest absolute Gasteiger partial charge is 0.379 e. The van der Waals surface area contributed by atoms with Gasteiger partial charge in [-0.15, -0.1) is 0 Å². The van der Waals surface area contributed by atoms with Crippen molar-refractivity contribution in [2.75, 3.05) is 20.2 Å². The number of nitrogens with zero attached hydrogens (tertiary/aromatic N) is 1. The van der Waals surface area contributed by atoms with Crippen molar-refractivity contribution in [1.29, 1.82) is 0 Å². The summed E-state index contributed by atoms with van der Waals surface area (Å²) in [5.41, 5.74) is 0. The van der Waals surface area contributed by atoms with Crippen LogP contribution >= 0.6 is 0 Å². The molecule has 0 aromatic carbocycles. The van der Waals surface area contributed by atoms with Crippen molar-refractivity contribution in [3.05, 3.63) is 0 Å². The molecule has 0 bridgehead atoms. The molecule has 0 aliphatic rings. The number of rotatable bonds is 10. The minimum atomic E-state index is 0.273. The Morgan fingerprint density at radius 2 is 1.94 bits per heavy atom. The smallest absolute Gasteiger partial charge is 0.222 e. The third-order valence-electron chi connectivity index (χ3n) is 3.00. The number of unbranched alkanes of at least 4 members (excludes halogenated alkanes) is 2. The molecular formula is C14H29NO2. The molecule has 0 N–H and O–H groups in total. The molecule has 0 radical (unpaired) electrons. The molecule has 0 saturated carbocycles. The van der Waals surface area contributed by atoms with Crippen LogP contribution in [0.25, 0.3) is 0 Å². The van der Waals surface area contributed by atoms with Gasteiger partial charge in [0.2, 0.25) is 5.91 Å². The van der Waals surface area contributed by atoms with E-state index in [0.717, 1.165) is 45.3 Å². The summed E-state index contributed by atoms with van der Waals surface area (Å²) < 4.78 is 5.59.